The van der Waals surface area contributed by atoms with Gasteiger partial charge in [-0.2, -0.15) is 13.2 Å². The van der Waals surface area contributed by atoms with Gasteiger partial charge in [0.2, 0.25) is 0 Å². The Balaban J connectivity index is 2.19. The van der Waals surface area contributed by atoms with E-state index >= 15 is 0 Å². The van der Waals surface area contributed by atoms with E-state index in [4.69, 9.17) is 0 Å². The van der Waals surface area contributed by atoms with E-state index in [1.807, 2.05) is 0 Å². The van der Waals surface area contributed by atoms with Gasteiger partial charge in [-0.3, -0.25) is 4.79 Å². The molecule has 0 fully saturated rings. The van der Waals surface area contributed by atoms with Gasteiger partial charge in [0.05, 0.1) is 11.4 Å². The zero-order valence-electron chi connectivity index (χ0n) is 16.8. The van der Waals surface area contributed by atoms with Gasteiger partial charge in [0.25, 0.3) is 5.91 Å². The number of nitrogens with one attached hydrogen (secondary N) is 2. The zero-order valence-corrected chi connectivity index (χ0v) is 17.6. The van der Waals surface area contributed by atoms with Crippen LogP contribution in [0.25, 0.3) is 0 Å². The van der Waals surface area contributed by atoms with Crippen molar-refractivity contribution >= 4 is 21.4 Å². The molecule has 31 heavy (non-hydrogen) atoms. The van der Waals surface area contributed by atoms with Crippen molar-refractivity contribution in [2.45, 2.75) is 30.3 Å². The van der Waals surface area contributed by atoms with Crippen molar-refractivity contribution < 1.29 is 35.2 Å². The summed E-state index contributed by atoms with van der Waals surface area (Å²) in [5, 5.41) is 4.65. The molecule has 0 saturated carbocycles. The van der Waals surface area contributed by atoms with Crippen LogP contribution < -0.4 is 10.6 Å². The van der Waals surface area contributed by atoms with E-state index in [1.165, 1.54) is 17.8 Å². The number of halogens is 5. The number of sulfone groups is 1. The highest BCUT2D eigenvalue weighted by atomic mass is 32.2. The van der Waals surface area contributed by atoms with E-state index in [0.29, 0.717) is 12.8 Å². The second kappa shape index (κ2) is 9.77. The minimum absolute atomic E-state index is 0.00779. The molecule has 0 aliphatic carbocycles. The number of alkyl halides is 3. The monoisotopic (exact) mass is 467 g/mol. The Morgan fingerprint density at radius 1 is 1.13 bits per heavy atom. The fourth-order valence-electron chi connectivity index (χ4n) is 3.05. The molecule has 0 aliphatic heterocycles. The van der Waals surface area contributed by atoms with Gasteiger partial charge in [0, 0.05) is 36.8 Å². The molecule has 2 aromatic rings. The number of nitrogens with zero attached hydrogens (tertiary/aromatic N) is 1. The first-order chi connectivity index (χ1) is 14.3. The molecule has 0 atom stereocenters. The van der Waals surface area contributed by atoms with Gasteiger partial charge in [-0.05, 0) is 37.9 Å². The number of hydrogen-bond acceptors (Lipinski definition) is 4. The Kier molecular flexibility index (Phi) is 7.82. The van der Waals surface area contributed by atoms with E-state index in [-0.39, 0.29) is 34.8 Å². The van der Waals surface area contributed by atoms with Crippen LogP contribution in [0.3, 0.4) is 0 Å². The number of carbonyl (C=O) groups excluding carboxylic acids is 1. The molecule has 1 heterocycles. The molecular weight excluding hydrogens is 445 g/mol. The number of aromatic nitrogens is 1. The minimum Gasteiger partial charge on any atom is -0.345 e. The molecule has 2 N–H and O–H groups in total. The van der Waals surface area contributed by atoms with E-state index in [0.717, 1.165) is 24.5 Å². The van der Waals surface area contributed by atoms with Crippen molar-refractivity contribution in [1.29, 1.82) is 0 Å². The summed E-state index contributed by atoms with van der Waals surface area (Å²) in [6, 6.07) is 2.79. The number of carbonyl (C=O) groups is 1. The Bertz CT molecular complexity index is 1050. The Morgan fingerprint density at radius 2 is 1.81 bits per heavy atom. The summed E-state index contributed by atoms with van der Waals surface area (Å²) in [5.41, 5.74) is 0.197. The van der Waals surface area contributed by atoms with Crippen molar-refractivity contribution in [1.82, 2.24) is 9.88 Å². The SMILES string of the molecule is Cn1cc(S(C)(=O)=O)c(CCCCNCC(F)(F)F)c1C(=O)Nc1ccc(F)c(F)c1. The highest BCUT2D eigenvalue weighted by Gasteiger charge is 2.27. The summed E-state index contributed by atoms with van der Waals surface area (Å²) >= 11 is 0. The average molecular weight is 467 g/mol. The lowest BCUT2D eigenvalue weighted by Crippen LogP contribution is -2.29. The molecule has 172 valence electrons. The standard InChI is InChI=1S/C19H22F5N3O3S/c1-27-10-16(31(2,29)30)13(5-3-4-8-25-11-19(22,23)24)17(27)18(28)26-12-6-7-14(20)15(21)9-12/h6-7,9-10,25H,3-5,8,11H2,1-2H3,(H,26,28). The predicted molar refractivity (Wildman–Crippen MR) is 105 cm³/mol. The third-order valence-corrected chi connectivity index (χ3v) is 5.55. The quantitative estimate of drug-likeness (QED) is 0.438. The Labute approximate surface area is 176 Å². The number of unbranched alkanes of at least 4 members (excludes halogenated alkanes) is 1. The molecule has 12 heteroatoms. The van der Waals surface area contributed by atoms with Crippen LogP contribution in [0.1, 0.15) is 28.9 Å². The molecule has 2 rings (SSSR count). The van der Waals surface area contributed by atoms with Crippen LogP contribution in [0.5, 0.6) is 0 Å². The first kappa shape index (κ1) is 24.8. The number of hydrogen-bond donors (Lipinski definition) is 2. The first-order valence-corrected chi connectivity index (χ1v) is 11.1. The molecule has 0 saturated heterocycles. The molecule has 0 bridgehead atoms. The van der Waals surface area contributed by atoms with Gasteiger partial charge in [0.1, 0.15) is 5.69 Å². The van der Waals surface area contributed by atoms with Gasteiger partial charge < -0.3 is 15.2 Å². The van der Waals surface area contributed by atoms with Crippen LogP contribution in [0.4, 0.5) is 27.6 Å². The lowest BCUT2D eigenvalue weighted by molar-refractivity contribution is -0.124. The number of anilines is 1. The number of rotatable bonds is 9. The summed E-state index contributed by atoms with van der Waals surface area (Å²) in [6.45, 7) is -1.06. The molecule has 0 spiro atoms. The summed E-state index contributed by atoms with van der Waals surface area (Å²) in [7, 11) is -2.23. The molecule has 0 aliphatic rings. The van der Waals surface area contributed by atoms with Gasteiger partial charge in [-0.1, -0.05) is 0 Å². The van der Waals surface area contributed by atoms with Crippen molar-refractivity contribution in [2.24, 2.45) is 7.05 Å². The first-order valence-electron chi connectivity index (χ1n) is 9.21. The topological polar surface area (TPSA) is 80.2 Å². The minimum atomic E-state index is -4.33. The normalized spacial score (nSPS) is 12.2. The summed E-state index contributed by atoms with van der Waals surface area (Å²) in [6.07, 6.45) is -1.31. The summed E-state index contributed by atoms with van der Waals surface area (Å²) < 4.78 is 88.6. The number of benzene rings is 1. The molecule has 1 amide bonds. The van der Waals surface area contributed by atoms with Crippen molar-refractivity contribution in [3.63, 3.8) is 0 Å². The molecular formula is C19H22F5N3O3S. The zero-order chi connectivity index (χ0) is 23.4. The van der Waals surface area contributed by atoms with Crippen LogP contribution in [0.15, 0.2) is 29.3 Å². The van der Waals surface area contributed by atoms with Crippen LogP contribution in [0.2, 0.25) is 0 Å². The number of aryl methyl sites for hydroxylation is 1. The molecule has 1 aromatic carbocycles. The summed E-state index contributed by atoms with van der Waals surface area (Å²) in [4.78, 5) is 12.7. The average Bonchev–Trinajstić information content (AvgIpc) is 2.97. The lowest BCUT2D eigenvalue weighted by Gasteiger charge is -2.11. The van der Waals surface area contributed by atoms with Crippen LogP contribution >= 0.6 is 0 Å². The smallest absolute Gasteiger partial charge is 0.345 e. The Hall–Kier alpha value is -2.47. The van der Waals surface area contributed by atoms with Crippen LogP contribution in [0, 0.1) is 11.6 Å². The summed E-state index contributed by atoms with van der Waals surface area (Å²) in [5.74, 6) is -2.97. The highest BCUT2D eigenvalue weighted by Crippen LogP contribution is 2.25. The lowest BCUT2D eigenvalue weighted by atomic mass is 10.1. The highest BCUT2D eigenvalue weighted by molar-refractivity contribution is 7.90. The van der Waals surface area contributed by atoms with Crippen LogP contribution in [-0.2, 0) is 23.3 Å². The maximum absolute atomic E-state index is 13.4. The van der Waals surface area contributed by atoms with E-state index in [9.17, 15) is 35.2 Å². The van der Waals surface area contributed by atoms with Crippen molar-refractivity contribution in [3.8, 4) is 0 Å². The third kappa shape index (κ3) is 7.03. The fourth-order valence-corrected chi connectivity index (χ4v) is 4.05. The van der Waals surface area contributed by atoms with E-state index < -0.39 is 40.1 Å². The maximum atomic E-state index is 13.4. The third-order valence-electron chi connectivity index (χ3n) is 4.39. The molecule has 6 nitrogen and oxygen atoms in total. The second-order valence-electron chi connectivity index (χ2n) is 7.04. The van der Waals surface area contributed by atoms with Crippen molar-refractivity contribution in [3.05, 3.63) is 47.3 Å². The van der Waals surface area contributed by atoms with Gasteiger partial charge >= 0.3 is 6.18 Å². The fraction of sp³-hybridized carbons (Fsp3) is 0.421. The molecule has 0 radical (unpaired) electrons. The Morgan fingerprint density at radius 3 is 2.39 bits per heavy atom. The van der Waals surface area contributed by atoms with E-state index in [1.54, 1.807) is 0 Å². The van der Waals surface area contributed by atoms with Gasteiger partial charge in [-0.25, -0.2) is 17.2 Å². The molecule has 0 unspecified atom stereocenters. The van der Waals surface area contributed by atoms with Crippen LogP contribution in [-0.4, -0.2) is 44.4 Å². The predicted octanol–water partition coefficient (Wildman–Crippen LogP) is 3.43. The maximum Gasteiger partial charge on any atom is 0.401 e. The van der Waals surface area contributed by atoms with Gasteiger partial charge in [0.15, 0.2) is 21.5 Å². The van der Waals surface area contributed by atoms with E-state index in [2.05, 4.69) is 10.6 Å². The van der Waals surface area contributed by atoms with Gasteiger partial charge in [-0.15, -0.1) is 0 Å². The molecule has 1 aromatic heterocycles. The van der Waals surface area contributed by atoms with Crippen molar-refractivity contribution in [2.75, 3.05) is 24.7 Å². The number of amides is 1. The second-order valence-corrected chi connectivity index (χ2v) is 9.02. The largest absolute Gasteiger partial charge is 0.401 e.